The molecular formula is C13H17BrO2. The van der Waals surface area contributed by atoms with Gasteiger partial charge >= 0.3 is 0 Å². The van der Waals surface area contributed by atoms with E-state index in [2.05, 4.69) is 41.1 Å². The van der Waals surface area contributed by atoms with E-state index in [9.17, 15) is 0 Å². The first-order valence-electron chi connectivity index (χ1n) is 5.66. The minimum atomic E-state index is 0.558. The zero-order valence-electron chi connectivity index (χ0n) is 9.54. The highest BCUT2D eigenvalue weighted by atomic mass is 79.9. The molecule has 88 valence electrons. The van der Waals surface area contributed by atoms with Gasteiger partial charge in [-0.05, 0) is 18.9 Å². The molecule has 0 N–H and O–H groups in total. The van der Waals surface area contributed by atoms with Crippen molar-refractivity contribution in [3.8, 4) is 5.75 Å². The van der Waals surface area contributed by atoms with Gasteiger partial charge in [0.1, 0.15) is 5.75 Å². The Labute approximate surface area is 105 Å². The molecule has 0 amide bonds. The first-order valence-corrected chi connectivity index (χ1v) is 6.78. The maximum Gasteiger partial charge on any atom is 0.126 e. The maximum absolute atomic E-state index is 5.93. The highest BCUT2D eigenvalue weighted by Crippen LogP contribution is 2.26. The van der Waals surface area contributed by atoms with Gasteiger partial charge < -0.3 is 9.47 Å². The largest absolute Gasteiger partial charge is 0.493 e. The molecule has 3 heteroatoms. The van der Waals surface area contributed by atoms with Crippen molar-refractivity contribution in [1.29, 1.82) is 0 Å². The van der Waals surface area contributed by atoms with Gasteiger partial charge in [0.25, 0.3) is 0 Å². The molecule has 0 saturated carbocycles. The highest BCUT2D eigenvalue weighted by Gasteiger charge is 2.17. The molecule has 2 rings (SSSR count). The third-order valence-corrected chi connectivity index (χ3v) is 3.53. The number of hydrogen-bond acceptors (Lipinski definition) is 2. The first kappa shape index (κ1) is 11.9. The fraction of sp³-hybridized carbons (Fsp3) is 0.538. The van der Waals surface area contributed by atoms with Gasteiger partial charge in [0, 0.05) is 23.4 Å². The van der Waals surface area contributed by atoms with Crippen molar-refractivity contribution < 1.29 is 9.47 Å². The van der Waals surface area contributed by atoms with Crippen LogP contribution in [0.4, 0.5) is 0 Å². The van der Waals surface area contributed by atoms with E-state index in [1.807, 2.05) is 0 Å². The predicted octanol–water partition coefficient (Wildman–Crippen LogP) is 3.31. The van der Waals surface area contributed by atoms with Crippen LogP contribution in [-0.4, -0.2) is 19.8 Å². The Bertz CT molecular complexity index is 346. The standard InChI is InChI=1S/C13H17BrO2/c1-10-3-2-4-12(7-14)13(10)16-9-11-5-6-15-8-11/h2-4,11H,5-9H2,1H3. The second kappa shape index (κ2) is 5.69. The Hall–Kier alpha value is -0.540. The summed E-state index contributed by atoms with van der Waals surface area (Å²) in [5, 5.41) is 0.838. The molecule has 2 nitrogen and oxygen atoms in total. The third-order valence-electron chi connectivity index (χ3n) is 2.92. The Morgan fingerprint density at radius 2 is 2.38 bits per heavy atom. The maximum atomic E-state index is 5.93. The lowest BCUT2D eigenvalue weighted by atomic mass is 10.1. The van der Waals surface area contributed by atoms with E-state index < -0.39 is 0 Å². The lowest BCUT2D eigenvalue weighted by molar-refractivity contribution is 0.166. The molecule has 0 aromatic heterocycles. The smallest absolute Gasteiger partial charge is 0.126 e. The summed E-state index contributed by atoms with van der Waals surface area (Å²) in [5.74, 6) is 1.59. The van der Waals surface area contributed by atoms with Crippen LogP contribution in [0.25, 0.3) is 0 Å². The molecule has 1 unspecified atom stereocenters. The van der Waals surface area contributed by atoms with Gasteiger partial charge in [-0.1, -0.05) is 34.1 Å². The van der Waals surface area contributed by atoms with Gasteiger partial charge in [-0.15, -0.1) is 0 Å². The van der Waals surface area contributed by atoms with Crippen molar-refractivity contribution in [2.45, 2.75) is 18.7 Å². The van der Waals surface area contributed by atoms with Crippen molar-refractivity contribution in [3.63, 3.8) is 0 Å². The van der Waals surface area contributed by atoms with Crippen LogP contribution in [0.1, 0.15) is 17.5 Å². The molecule has 0 radical (unpaired) electrons. The Kier molecular flexibility index (Phi) is 4.24. The average molecular weight is 285 g/mol. The predicted molar refractivity (Wildman–Crippen MR) is 68.2 cm³/mol. The van der Waals surface area contributed by atoms with Gasteiger partial charge in [0.2, 0.25) is 0 Å². The van der Waals surface area contributed by atoms with Gasteiger partial charge in [-0.2, -0.15) is 0 Å². The number of hydrogen-bond donors (Lipinski definition) is 0. The van der Waals surface area contributed by atoms with Crippen LogP contribution >= 0.6 is 15.9 Å². The monoisotopic (exact) mass is 284 g/mol. The van der Waals surface area contributed by atoms with Crippen LogP contribution in [-0.2, 0) is 10.1 Å². The van der Waals surface area contributed by atoms with Gasteiger partial charge in [0.05, 0.1) is 13.2 Å². The number of halogens is 1. The van der Waals surface area contributed by atoms with Gasteiger partial charge in [-0.3, -0.25) is 0 Å². The summed E-state index contributed by atoms with van der Waals surface area (Å²) < 4.78 is 11.3. The third kappa shape index (κ3) is 2.77. The van der Waals surface area contributed by atoms with E-state index in [0.29, 0.717) is 5.92 Å². The number of para-hydroxylation sites is 1. The molecule has 1 saturated heterocycles. The van der Waals surface area contributed by atoms with Crippen LogP contribution in [0.5, 0.6) is 5.75 Å². The summed E-state index contributed by atoms with van der Waals surface area (Å²) in [7, 11) is 0. The second-order valence-electron chi connectivity index (χ2n) is 4.24. The van der Waals surface area contributed by atoms with E-state index in [4.69, 9.17) is 9.47 Å². The quantitative estimate of drug-likeness (QED) is 0.790. The van der Waals surface area contributed by atoms with Gasteiger partial charge in [-0.25, -0.2) is 0 Å². The minimum absolute atomic E-state index is 0.558. The fourth-order valence-corrected chi connectivity index (χ4v) is 2.38. The number of rotatable bonds is 4. The number of aryl methyl sites for hydroxylation is 1. The highest BCUT2D eigenvalue weighted by molar-refractivity contribution is 9.08. The second-order valence-corrected chi connectivity index (χ2v) is 4.80. The number of ether oxygens (including phenoxy) is 2. The molecule has 1 aliphatic rings. The Morgan fingerprint density at radius 3 is 3.06 bits per heavy atom. The summed E-state index contributed by atoms with van der Waals surface area (Å²) >= 11 is 3.49. The van der Waals surface area contributed by atoms with E-state index >= 15 is 0 Å². The van der Waals surface area contributed by atoms with Crippen LogP contribution in [0.15, 0.2) is 18.2 Å². The van der Waals surface area contributed by atoms with E-state index in [1.54, 1.807) is 0 Å². The fourth-order valence-electron chi connectivity index (χ4n) is 1.94. The molecule has 0 bridgehead atoms. The van der Waals surface area contributed by atoms with E-state index in [1.165, 1.54) is 11.1 Å². The van der Waals surface area contributed by atoms with E-state index in [0.717, 1.165) is 37.3 Å². The van der Waals surface area contributed by atoms with Gasteiger partial charge in [0.15, 0.2) is 0 Å². The SMILES string of the molecule is Cc1cccc(CBr)c1OCC1CCOC1. The van der Waals surface area contributed by atoms with Crippen molar-refractivity contribution in [3.05, 3.63) is 29.3 Å². The molecule has 1 aliphatic heterocycles. The van der Waals surface area contributed by atoms with Crippen molar-refractivity contribution in [2.75, 3.05) is 19.8 Å². The molecule has 1 atom stereocenters. The molecule has 1 aromatic rings. The Balaban J connectivity index is 2.01. The summed E-state index contributed by atoms with van der Waals surface area (Å²) in [5.41, 5.74) is 2.43. The normalized spacial score (nSPS) is 20.0. The molecule has 0 aliphatic carbocycles. The molecule has 1 heterocycles. The van der Waals surface area contributed by atoms with Crippen LogP contribution in [0, 0.1) is 12.8 Å². The van der Waals surface area contributed by atoms with Crippen molar-refractivity contribution in [2.24, 2.45) is 5.92 Å². The molecule has 1 fully saturated rings. The van der Waals surface area contributed by atoms with Crippen LogP contribution in [0.2, 0.25) is 0 Å². The lowest BCUT2D eigenvalue weighted by Crippen LogP contribution is -2.12. The summed E-state index contributed by atoms with van der Waals surface area (Å²) in [6, 6.07) is 6.26. The topological polar surface area (TPSA) is 18.5 Å². The van der Waals surface area contributed by atoms with Crippen molar-refractivity contribution >= 4 is 15.9 Å². The summed E-state index contributed by atoms with van der Waals surface area (Å²) in [6.07, 6.45) is 1.12. The molecule has 1 aromatic carbocycles. The Morgan fingerprint density at radius 1 is 1.50 bits per heavy atom. The zero-order chi connectivity index (χ0) is 11.4. The van der Waals surface area contributed by atoms with E-state index in [-0.39, 0.29) is 0 Å². The molecule has 0 spiro atoms. The zero-order valence-corrected chi connectivity index (χ0v) is 11.1. The summed E-state index contributed by atoms with van der Waals surface area (Å²) in [4.78, 5) is 0. The number of benzene rings is 1. The lowest BCUT2D eigenvalue weighted by Gasteiger charge is -2.15. The van der Waals surface area contributed by atoms with Crippen LogP contribution in [0.3, 0.4) is 0 Å². The number of alkyl halides is 1. The summed E-state index contributed by atoms with van der Waals surface area (Å²) in [6.45, 7) is 4.58. The molecular weight excluding hydrogens is 268 g/mol. The van der Waals surface area contributed by atoms with Crippen molar-refractivity contribution in [1.82, 2.24) is 0 Å². The first-order chi connectivity index (χ1) is 7.81. The average Bonchev–Trinajstić information content (AvgIpc) is 2.80. The minimum Gasteiger partial charge on any atom is -0.493 e. The molecule has 16 heavy (non-hydrogen) atoms. The van der Waals surface area contributed by atoms with Crippen LogP contribution < -0.4 is 4.74 Å².